The lowest BCUT2D eigenvalue weighted by atomic mass is 9.97. The third kappa shape index (κ3) is 5.70. The first-order chi connectivity index (χ1) is 21.1. The molecule has 0 bridgehead atoms. The number of halogens is 3. The largest absolute Gasteiger partial charge is 0.416 e. The van der Waals surface area contributed by atoms with Crippen molar-refractivity contribution in [3.8, 4) is 16.8 Å². The second-order valence-corrected chi connectivity index (χ2v) is 11.1. The van der Waals surface area contributed by atoms with Crippen LogP contribution in [0.4, 0.5) is 18.9 Å². The van der Waals surface area contributed by atoms with Crippen molar-refractivity contribution in [1.82, 2.24) is 14.3 Å². The van der Waals surface area contributed by atoms with E-state index in [1.807, 2.05) is 67.2 Å². The summed E-state index contributed by atoms with van der Waals surface area (Å²) >= 11 is 0. The number of hydrogen-bond acceptors (Lipinski definition) is 3. The van der Waals surface area contributed by atoms with Gasteiger partial charge in [-0.05, 0) is 78.1 Å². The van der Waals surface area contributed by atoms with Crippen molar-refractivity contribution < 1.29 is 18.0 Å². The quantitative estimate of drug-likeness (QED) is 0.230. The third-order valence-corrected chi connectivity index (χ3v) is 8.31. The van der Waals surface area contributed by atoms with E-state index in [0.29, 0.717) is 35.5 Å². The van der Waals surface area contributed by atoms with E-state index in [1.54, 1.807) is 28.9 Å². The number of hydrogen-bond donors (Lipinski definition) is 1. The van der Waals surface area contributed by atoms with E-state index in [9.17, 15) is 22.8 Å². The van der Waals surface area contributed by atoms with Crippen LogP contribution in [0.3, 0.4) is 0 Å². The minimum Gasteiger partial charge on any atom is -0.322 e. The van der Waals surface area contributed by atoms with Gasteiger partial charge in [0.05, 0.1) is 16.8 Å². The smallest absolute Gasteiger partial charge is 0.322 e. The highest BCUT2D eigenvalue weighted by atomic mass is 19.4. The van der Waals surface area contributed by atoms with Gasteiger partial charge in [0, 0.05) is 43.6 Å². The fraction of sp³-hybridized carbons (Fsp3) is 0.200. The first kappa shape index (κ1) is 29.2. The number of para-hydroxylation sites is 1. The van der Waals surface area contributed by atoms with E-state index in [1.165, 1.54) is 12.1 Å². The number of carbonyl (C=O) groups is 1. The molecule has 5 aromatic rings. The lowest BCUT2D eigenvalue weighted by Crippen LogP contribution is -2.32. The van der Waals surface area contributed by atoms with Crippen LogP contribution in [0.5, 0.6) is 0 Å². The van der Waals surface area contributed by atoms with Crippen molar-refractivity contribution >= 4 is 11.6 Å². The molecule has 1 aromatic heterocycles. The van der Waals surface area contributed by atoms with Gasteiger partial charge in [0.1, 0.15) is 0 Å². The van der Waals surface area contributed by atoms with E-state index >= 15 is 0 Å². The molecule has 0 fully saturated rings. The van der Waals surface area contributed by atoms with E-state index in [0.717, 1.165) is 53.2 Å². The highest BCUT2D eigenvalue weighted by molar-refractivity contribution is 6.08. The molecule has 0 atom stereocenters. The monoisotopic (exact) mass is 596 g/mol. The molecule has 44 heavy (non-hydrogen) atoms. The Morgan fingerprint density at radius 1 is 0.886 bits per heavy atom. The molecule has 9 heteroatoms. The van der Waals surface area contributed by atoms with Gasteiger partial charge in [-0.25, -0.2) is 4.68 Å². The van der Waals surface area contributed by atoms with Gasteiger partial charge in [-0.1, -0.05) is 54.6 Å². The number of carbonyl (C=O) groups excluding carboxylic acids is 1. The molecule has 0 aliphatic carbocycles. The van der Waals surface area contributed by atoms with Crippen molar-refractivity contribution in [2.75, 3.05) is 11.9 Å². The molecule has 0 radical (unpaired) electrons. The molecule has 0 saturated heterocycles. The molecule has 4 aromatic carbocycles. The second kappa shape index (κ2) is 11.7. The zero-order valence-corrected chi connectivity index (χ0v) is 24.4. The molecule has 0 spiro atoms. The van der Waals surface area contributed by atoms with Crippen LogP contribution in [-0.4, -0.2) is 26.7 Å². The van der Waals surface area contributed by atoms with E-state index in [-0.39, 0.29) is 11.5 Å². The summed E-state index contributed by atoms with van der Waals surface area (Å²) in [5, 5.41) is 2.97. The van der Waals surface area contributed by atoms with Crippen LogP contribution in [0.15, 0.2) is 102 Å². The summed E-state index contributed by atoms with van der Waals surface area (Å²) in [6, 6.07) is 27.1. The average molecular weight is 597 g/mol. The lowest BCUT2D eigenvalue weighted by molar-refractivity contribution is -0.137. The Kier molecular flexibility index (Phi) is 7.73. The van der Waals surface area contributed by atoms with Crippen molar-refractivity contribution in [3.05, 3.63) is 141 Å². The maximum atomic E-state index is 13.4. The van der Waals surface area contributed by atoms with Gasteiger partial charge in [-0.2, -0.15) is 13.2 Å². The zero-order valence-electron chi connectivity index (χ0n) is 24.4. The van der Waals surface area contributed by atoms with Crippen LogP contribution < -0.4 is 10.9 Å². The van der Waals surface area contributed by atoms with E-state index in [4.69, 9.17) is 0 Å². The number of nitrogens with zero attached hydrogens (tertiary/aromatic N) is 3. The van der Waals surface area contributed by atoms with Crippen molar-refractivity contribution in [2.24, 2.45) is 7.05 Å². The number of nitrogens with one attached hydrogen (secondary N) is 1. The zero-order chi connectivity index (χ0) is 31.0. The molecule has 224 valence electrons. The van der Waals surface area contributed by atoms with Gasteiger partial charge in [-0.15, -0.1) is 0 Å². The standard InChI is InChI=1S/C35H31F3N4O2/c1-23-32(34(44)42(40(23)2)29-8-4-3-5-9-29)22-41-19-18-25-20-28(17-14-26(25)21-41)39-33(43)31-11-7-6-10-30(31)24-12-15-27(16-13-24)35(36,37)38/h3-17,20H,18-19,21-22H2,1-2H3,(H,39,43). The summed E-state index contributed by atoms with van der Waals surface area (Å²) < 4.78 is 42.7. The Labute approximate surface area is 253 Å². The Morgan fingerprint density at radius 2 is 1.59 bits per heavy atom. The fourth-order valence-electron chi connectivity index (χ4n) is 5.82. The Morgan fingerprint density at radius 3 is 2.32 bits per heavy atom. The number of fused-ring (bicyclic) bond motifs is 1. The van der Waals surface area contributed by atoms with Crippen LogP contribution in [0, 0.1) is 6.92 Å². The average Bonchev–Trinajstić information content (AvgIpc) is 3.23. The maximum absolute atomic E-state index is 13.4. The number of alkyl halides is 3. The summed E-state index contributed by atoms with van der Waals surface area (Å²) in [6.45, 7) is 3.95. The van der Waals surface area contributed by atoms with Crippen molar-refractivity contribution in [1.29, 1.82) is 0 Å². The number of anilines is 1. The topological polar surface area (TPSA) is 59.3 Å². The predicted molar refractivity (Wildman–Crippen MR) is 165 cm³/mol. The Hall–Kier alpha value is -4.89. The number of amides is 1. The molecule has 1 N–H and O–H groups in total. The molecule has 1 amide bonds. The van der Waals surface area contributed by atoms with E-state index < -0.39 is 11.7 Å². The van der Waals surface area contributed by atoms with Gasteiger partial charge in [0.15, 0.2) is 0 Å². The number of benzene rings is 4. The van der Waals surface area contributed by atoms with Crippen molar-refractivity contribution in [2.45, 2.75) is 32.6 Å². The van der Waals surface area contributed by atoms with E-state index in [2.05, 4.69) is 10.2 Å². The van der Waals surface area contributed by atoms with Crippen LogP contribution in [0.25, 0.3) is 16.8 Å². The lowest BCUT2D eigenvalue weighted by Gasteiger charge is -2.28. The minimum absolute atomic E-state index is 0.0170. The van der Waals surface area contributed by atoms with Crippen LogP contribution in [-0.2, 0) is 32.7 Å². The predicted octanol–water partition coefficient (Wildman–Crippen LogP) is 6.98. The number of aromatic nitrogens is 2. The van der Waals surface area contributed by atoms with Crippen LogP contribution >= 0.6 is 0 Å². The maximum Gasteiger partial charge on any atom is 0.416 e. The molecular formula is C35H31F3N4O2. The molecule has 2 heterocycles. The summed E-state index contributed by atoms with van der Waals surface area (Å²) in [5.41, 5.74) is 6.14. The Balaban J connectivity index is 1.16. The molecule has 1 aliphatic rings. The third-order valence-electron chi connectivity index (χ3n) is 8.31. The van der Waals surface area contributed by atoms with Crippen LogP contribution in [0.2, 0.25) is 0 Å². The van der Waals surface area contributed by atoms with Gasteiger partial charge >= 0.3 is 6.18 Å². The molecular weight excluding hydrogens is 565 g/mol. The normalized spacial score (nSPS) is 13.5. The SMILES string of the molecule is Cc1c(CN2CCc3cc(NC(=O)c4ccccc4-c4ccc(C(F)(F)F)cc4)ccc3C2)c(=O)n(-c2ccccc2)n1C. The molecule has 0 unspecified atom stereocenters. The first-order valence-corrected chi connectivity index (χ1v) is 14.4. The highest BCUT2D eigenvalue weighted by Crippen LogP contribution is 2.32. The molecule has 0 saturated carbocycles. The summed E-state index contributed by atoms with van der Waals surface area (Å²) in [6.07, 6.45) is -3.66. The summed E-state index contributed by atoms with van der Waals surface area (Å²) in [7, 11) is 1.90. The molecule has 1 aliphatic heterocycles. The second-order valence-electron chi connectivity index (χ2n) is 11.1. The first-order valence-electron chi connectivity index (χ1n) is 14.4. The van der Waals surface area contributed by atoms with Gasteiger partial charge in [0.2, 0.25) is 0 Å². The highest BCUT2D eigenvalue weighted by Gasteiger charge is 2.30. The molecule has 6 rings (SSSR count). The van der Waals surface area contributed by atoms with Gasteiger partial charge < -0.3 is 5.32 Å². The van der Waals surface area contributed by atoms with Gasteiger partial charge in [0.25, 0.3) is 11.5 Å². The molecule has 6 nitrogen and oxygen atoms in total. The summed E-state index contributed by atoms with van der Waals surface area (Å²) in [5.74, 6) is -0.341. The number of rotatable bonds is 6. The summed E-state index contributed by atoms with van der Waals surface area (Å²) in [4.78, 5) is 29.0. The van der Waals surface area contributed by atoms with Crippen molar-refractivity contribution in [3.63, 3.8) is 0 Å². The minimum atomic E-state index is -4.43. The fourth-order valence-corrected chi connectivity index (χ4v) is 5.82. The van der Waals surface area contributed by atoms with Crippen LogP contribution in [0.1, 0.15) is 38.3 Å². The van der Waals surface area contributed by atoms with Gasteiger partial charge in [-0.3, -0.25) is 19.2 Å². The Bertz CT molecular complexity index is 1890.